The van der Waals surface area contributed by atoms with Gasteiger partial charge in [-0.2, -0.15) is 18.2 Å². The van der Waals surface area contributed by atoms with Crippen molar-refractivity contribution in [1.82, 2.24) is 0 Å². The molecule has 160 valence electrons. The van der Waals surface area contributed by atoms with Crippen LogP contribution in [0.25, 0.3) is 0 Å². The standard InChI is InChI=1S/C19H16ClF3N2O4S/c1-27-18(26)25(28-2)15-6-4-3-5-11(15)10-30-16-9-29-17-13(20)7-12(19(21,22)23)8-14(17)24-16/h3-8H,9-10H2,1-2H3. The third kappa shape index (κ3) is 4.82. The van der Waals surface area contributed by atoms with E-state index >= 15 is 0 Å². The van der Waals surface area contributed by atoms with Crippen molar-refractivity contribution >= 4 is 45.9 Å². The van der Waals surface area contributed by atoms with Gasteiger partial charge in [-0.25, -0.2) is 9.79 Å². The molecule has 0 unspecified atom stereocenters. The predicted molar refractivity (Wildman–Crippen MR) is 109 cm³/mol. The summed E-state index contributed by atoms with van der Waals surface area (Å²) in [6.45, 7) is 0.0654. The fourth-order valence-electron chi connectivity index (χ4n) is 2.69. The van der Waals surface area contributed by atoms with Crippen LogP contribution in [0.4, 0.5) is 29.3 Å². The van der Waals surface area contributed by atoms with Crippen molar-refractivity contribution in [3.05, 3.63) is 52.5 Å². The van der Waals surface area contributed by atoms with E-state index in [0.717, 1.165) is 22.8 Å². The lowest BCUT2D eigenvalue weighted by atomic mass is 10.1. The second-order valence-corrected chi connectivity index (χ2v) is 7.42. The molecule has 0 fully saturated rings. The molecule has 0 saturated heterocycles. The van der Waals surface area contributed by atoms with Crippen molar-refractivity contribution in [3.8, 4) is 5.75 Å². The van der Waals surface area contributed by atoms with Crippen LogP contribution in [0.2, 0.25) is 5.02 Å². The first-order valence-corrected chi connectivity index (χ1v) is 9.85. The fraction of sp³-hybridized carbons (Fsp3) is 0.263. The van der Waals surface area contributed by atoms with Crippen molar-refractivity contribution in [2.75, 3.05) is 25.9 Å². The highest BCUT2D eigenvalue weighted by molar-refractivity contribution is 8.13. The Bertz CT molecular complexity index is 985. The van der Waals surface area contributed by atoms with Gasteiger partial charge in [0, 0.05) is 5.75 Å². The molecule has 6 nitrogen and oxygen atoms in total. The zero-order valence-corrected chi connectivity index (χ0v) is 17.4. The summed E-state index contributed by atoms with van der Waals surface area (Å²) in [5, 5.41) is 1.32. The van der Waals surface area contributed by atoms with Crippen molar-refractivity contribution < 1.29 is 32.3 Å². The van der Waals surface area contributed by atoms with Crippen LogP contribution in [0.3, 0.4) is 0 Å². The fourth-order valence-corrected chi connectivity index (χ4v) is 3.83. The SMILES string of the molecule is COC(=O)N(OC)c1ccccc1CSC1=Nc2cc(C(F)(F)F)cc(Cl)c2OC1. The molecule has 0 saturated carbocycles. The molecular formula is C19H16ClF3N2O4S. The highest BCUT2D eigenvalue weighted by atomic mass is 35.5. The molecule has 0 aliphatic carbocycles. The lowest BCUT2D eigenvalue weighted by molar-refractivity contribution is -0.137. The van der Waals surface area contributed by atoms with Crippen LogP contribution in [0, 0.1) is 0 Å². The summed E-state index contributed by atoms with van der Waals surface area (Å²) in [4.78, 5) is 21.3. The Morgan fingerprint density at radius 2 is 2.03 bits per heavy atom. The van der Waals surface area contributed by atoms with Gasteiger partial charge in [-0.05, 0) is 23.8 Å². The third-order valence-corrected chi connectivity index (χ3v) is 5.34. The summed E-state index contributed by atoms with van der Waals surface area (Å²) >= 11 is 7.19. The summed E-state index contributed by atoms with van der Waals surface area (Å²) in [5.41, 5.74) is 0.318. The highest BCUT2D eigenvalue weighted by Crippen LogP contribution is 2.43. The number of rotatable bonds is 4. The van der Waals surface area contributed by atoms with E-state index in [9.17, 15) is 18.0 Å². The molecule has 0 atom stereocenters. The summed E-state index contributed by atoms with van der Waals surface area (Å²) in [7, 11) is 2.57. The van der Waals surface area contributed by atoms with Gasteiger partial charge in [0.25, 0.3) is 0 Å². The predicted octanol–water partition coefficient (Wildman–Crippen LogP) is 5.85. The molecule has 1 heterocycles. The average molecular weight is 461 g/mol. The number of alkyl halides is 3. The Morgan fingerprint density at radius 3 is 2.70 bits per heavy atom. The molecule has 2 aromatic carbocycles. The average Bonchev–Trinajstić information content (AvgIpc) is 2.72. The first-order chi connectivity index (χ1) is 14.2. The van der Waals surface area contributed by atoms with E-state index < -0.39 is 17.8 Å². The van der Waals surface area contributed by atoms with Gasteiger partial charge in [0.1, 0.15) is 17.3 Å². The highest BCUT2D eigenvalue weighted by Gasteiger charge is 2.33. The quantitative estimate of drug-likeness (QED) is 0.536. The van der Waals surface area contributed by atoms with E-state index in [0.29, 0.717) is 16.5 Å². The Labute approximate surface area is 179 Å². The zero-order valence-electron chi connectivity index (χ0n) is 15.8. The molecule has 0 bridgehead atoms. The number of nitrogens with zero attached hydrogens (tertiary/aromatic N) is 2. The number of hydrogen-bond acceptors (Lipinski definition) is 6. The first kappa shape index (κ1) is 22.3. The molecule has 2 aromatic rings. The third-order valence-electron chi connectivity index (χ3n) is 4.06. The molecule has 1 amide bonds. The van der Waals surface area contributed by atoms with Crippen LogP contribution in [0.5, 0.6) is 5.75 Å². The molecular weight excluding hydrogens is 445 g/mol. The van der Waals surface area contributed by atoms with Gasteiger partial charge in [0.15, 0.2) is 5.75 Å². The minimum absolute atomic E-state index is 0.0185. The molecule has 1 aliphatic rings. The Kier molecular flexibility index (Phi) is 6.79. The number of halogens is 4. The maximum Gasteiger partial charge on any atom is 0.438 e. The van der Waals surface area contributed by atoms with E-state index in [-0.39, 0.29) is 23.1 Å². The number of para-hydroxylation sites is 1. The molecule has 0 aromatic heterocycles. The molecule has 0 radical (unpaired) electrons. The number of hydroxylamine groups is 1. The second kappa shape index (κ2) is 9.15. The van der Waals surface area contributed by atoms with Gasteiger partial charge in [0.2, 0.25) is 0 Å². The van der Waals surface area contributed by atoms with E-state index in [1.54, 1.807) is 24.3 Å². The van der Waals surface area contributed by atoms with Crippen molar-refractivity contribution in [1.29, 1.82) is 0 Å². The molecule has 0 spiro atoms. The topological polar surface area (TPSA) is 60.4 Å². The summed E-state index contributed by atoms with van der Waals surface area (Å²) in [6, 6.07) is 8.70. The minimum Gasteiger partial charge on any atom is -0.483 e. The largest absolute Gasteiger partial charge is 0.483 e. The lowest BCUT2D eigenvalue weighted by Crippen LogP contribution is -2.30. The Morgan fingerprint density at radius 1 is 1.30 bits per heavy atom. The van der Waals surface area contributed by atoms with Crippen molar-refractivity contribution in [2.45, 2.75) is 11.9 Å². The lowest BCUT2D eigenvalue weighted by Gasteiger charge is -2.22. The van der Waals surface area contributed by atoms with E-state index in [1.165, 1.54) is 26.0 Å². The number of hydrogen-bond donors (Lipinski definition) is 0. The maximum absolute atomic E-state index is 13.0. The number of fused-ring (bicyclic) bond motifs is 1. The smallest absolute Gasteiger partial charge is 0.438 e. The van der Waals surface area contributed by atoms with Crippen molar-refractivity contribution in [2.24, 2.45) is 4.99 Å². The van der Waals surface area contributed by atoms with Gasteiger partial charge in [-0.1, -0.05) is 29.8 Å². The van der Waals surface area contributed by atoms with Crippen molar-refractivity contribution in [3.63, 3.8) is 0 Å². The molecule has 0 N–H and O–H groups in total. The molecule has 30 heavy (non-hydrogen) atoms. The number of carbonyl (C=O) groups excluding carboxylic acids is 1. The first-order valence-electron chi connectivity index (χ1n) is 8.48. The van der Waals surface area contributed by atoms with Gasteiger partial charge in [-0.3, -0.25) is 4.84 Å². The Hall–Kier alpha value is -2.43. The molecule has 3 rings (SSSR count). The Balaban J connectivity index is 1.83. The van der Waals surface area contributed by atoms with E-state index in [2.05, 4.69) is 4.99 Å². The summed E-state index contributed by atoms with van der Waals surface area (Å²) in [6.07, 6.45) is -5.24. The van der Waals surface area contributed by atoms with Crippen LogP contribution in [-0.2, 0) is 21.5 Å². The molecule has 1 aliphatic heterocycles. The van der Waals surface area contributed by atoms with Gasteiger partial charge < -0.3 is 9.47 Å². The summed E-state index contributed by atoms with van der Waals surface area (Å²) in [5.74, 6) is 0.475. The van der Waals surface area contributed by atoms with Gasteiger partial charge in [-0.15, -0.1) is 11.8 Å². The second-order valence-electron chi connectivity index (χ2n) is 5.96. The van der Waals surface area contributed by atoms with Crippen LogP contribution < -0.4 is 9.80 Å². The van der Waals surface area contributed by atoms with Crippen LogP contribution >= 0.6 is 23.4 Å². The molecule has 11 heteroatoms. The number of benzene rings is 2. The zero-order chi connectivity index (χ0) is 21.9. The van der Waals surface area contributed by atoms with Crippen LogP contribution in [0.15, 0.2) is 41.4 Å². The number of amides is 1. The minimum atomic E-state index is -4.55. The van der Waals surface area contributed by atoms with Gasteiger partial charge >= 0.3 is 12.3 Å². The van der Waals surface area contributed by atoms with E-state index in [4.69, 9.17) is 25.9 Å². The van der Waals surface area contributed by atoms with E-state index in [1.807, 2.05) is 0 Å². The number of methoxy groups -OCH3 is 1. The number of thioether (sulfide) groups is 1. The van der Waals surface area contributed by atoms with Crippen LogP contribution in [0.1, 0.15) is 11.1 Å². The number of ether oxygens (including phenoxy) is 2. The monoisotopic (exact) mass is 460 g/mol. The number of carbonyl (C=O) groups is 1. The normalized spacial score (nSPS) is 13.2. The van der Waals surface area contributed by atoms with Crippen LogP contribution in [-0.4, -0.2) is 32.0 Å². The number of anilines is 1. The van der Waals surface area contributed by atoms with Gasteiger partial charge in [0.05, 0.1) is 30.5 Å². The maximum atomic E-state index is 13.0. The number of aliphatic imine (C=N–C) groups is 1. The summed E-state index contributed by atoms with van der Waals surface area (Å²) < 4.78 is 49.4.